The number of nitrogens with zero attached hydrogens (tertiary/aromatic N) is 2. The minimum Gasteiger partial charge on any atom is -0.497 e. The molecule has 1 atom stereocenters. The zero-order valence-electron chi connectivity index (χ0n) is 15.2. The highest BCUT2D eigenvalue weighted by molar-refractivity contribution is 7.09. The number of hydrogen-bond donors (Lipinski definition) is 0. The Morgan fingerprint density at radius 1 is 1.08 bits per heavy atom. The van der Waals surface area contributed by atoms with Gasteiger partial charge in [-0.25, -0.2) is 0 Å². The molecule has 1 aromatic carbocycles. The lowest BCUT2D eigenvalue weighted by atomic mass is 9.93. The standard InChI is InChI=1S/C20H24N2O3S/c1-15(23)21-9-11-22(12-10-21)20(24)19(14-18-4-3-13-26-18)16-5-7-17(25-2)8-6-16/h3-8,13,19H,9-12,14H2,1-2H3. The second kappa shape index (κ2) is 8.36. The van der Waals surface area contributed by atoms with Gasteiger partial charge in [-0.05, 0) is 35.6 Å². The van der Waals surface area contributed by atoms with E-state index < -0.39 is 0 Å². The summed E-state index contributed by atoms with van der Waals surface area (Å²) in [6, 6.07) is 11.8. The number of hydrogen-bond acceptors (Lipinski definition) is 4. The first-order valence-corrected chi connectivity index (χ1v) is 9.67. The summed E-state index contributed by atoms with van der Waals surface area (Å²) >= 11 is 1.67. The van der Waals surface area contributed by atoms with Crippen molar-refractivity contribution in [3.05, 3.63) is 52.2 Å². The van der Waals surface area contributed by atoms with Crippen molar-refractivity contribution in [2.45, 2.75) is 19.3 Å². The smallest absolute Gasteiger partial charge is 0.230 e. The van der Waals surface area contributed by atoms with Gasteiger partial charge in [0.15, 0.2) is 0 Å². The van der Waals surface area contributed by atoms with Crippen LogP contribution in [0.15, 0.2) is 41.8 Å². The Labute approximate surface area is 158 Å². The van der Waals surface area contributed by atoms with Crippen LogP contribution in [0.25, 0.3) is 0 Å². The molecule has 3 rings (SSSR count). The van der Waals surface area contributed by atoms with Gasteiger partial charge < -0.3 is 14.5 Å². The highest BCUT2D eigenvalue weighted by Crippen LogP contribution is 2.27. The third-order valence-corrected chi connectivity index (χ3v) is 5.74. The van der Waals surface area contributed by atoms with Crippen LogP contribution in [-0.2, 0) is 16.0 Å². The molecule has 0 radical (unpaired) electrons. The lowest BCUT2D eigenvalue weighted by molar-refractivity contribution is -0.139. The molecule has 1 unspecified atom stereocenters. The number of methoxy groups -OCH3 is 1. The molecule has 0 N–H and O–H groups in total. The normalized spacial score (nSPS) is 15.6. The predicted molar refractivity (Wildman–Crippen MR) is 103 cm³/mol. The molecular weight excluding hydrogens is 348 g/mol. The Morgan fingerprint density at radius 2 is 1.73 bits per heavy atom. The molecular formula is C20H24N2O3S. The van der Waals surface area contributed by atoms with Gasteiger partial charge in [-0.15, -0.1) is 11.3 Å². The van der Waals surface area contributed by atoms with Crippen molar-refractivity contribution in [2.24, 2.45) is 0 Å². The number of ether oxygens (including phenoxy) is 1. The molecule has 26 heavy (non-hydrogen) atoms. The van der Waals surface area contributed by atoms with Crippen molar-refractivity contribution in [1.29, 1.82) is 0 Å². The Morgan fingerprint density at radius 3 is 2.27 bits per heavy atom. The van der Waals surface area contributed by atoms with E-state index in [0.29, 0.717) is 32.6 Å². The first kappa shape index (κ1) is 18.5. The van der Waals surface area contributed by atoms with Gasteiger partial charge in [-0.2, -0.15) is 0 Å². The average Bonchev–Trinajstić information content (AvgIpc) is 3.19. The predicted octanol–water partition coefficient (Wildman–Crippen LogP) is 2.77. The summed E-state index contributed by atoms with van der Waals surface area (Å²) in [5, 5.41) is 2.04. The van der Waals surface area contributed by atoms with E-state index in [2.05, 4.69) is 6.07 Å². The number of benzene rings is 1. The zero-order valence-corrected chi connectivity index (χ0v) is 16.0. The number of piperazine rings is 1. The first-order valence-electron chi connectivity index (χ1n) is 8.79. The summed E-state index contributed by atoms with van der Waals surface area (Å²) in [5.41, 5.74) is 0.998. The topological polar surface area (TPSA) is 49.9 Å². The summed E-state index contributed by atoms with van der Waals surface area (Å²) in [6.45, 7) is 3.98. The highest BCUT2D eigenvalue weighted by atomic mass is 32.1. The third kappa shape index (κ3) is 4.25. The number of thiophene rings is 1. The molecule has 138 valence electrons. The Balaban J connectivity index is 1.78. The highest BCUT2D eigenvalue weighted by Gasteiger charge is 2.29. The van der Waals surface area contributed by atoms with Crippen LogP contribution in [0.4, 0.5) is 0 Å². The van der Waals surface area contributed by atoms with Gasteiger partial charge in [0.25, 0.3) is 0 Å². The lowest BCUT2D eigenvalue weighted by Crippen LogP contribution is -2.51. The summed E-state index contributed by atoms with van der Waals surface area (Å²) < 4.78 is 5.24. The van der Waals surface area contributed by atoms with Gasteiger partial charge in [0.2, 0.25) is 11.8 Å². The van der Waals surface area contributed by atoms with E-state index in [4.69, 9.17) is 4.74 Å². The monoisotopic (exact) mass is 372 g/mol. The summed E-state index contributed by atoms with van der Waals surface area (Å²) in [5.74, 6) is 0.767. The molecule has 1 saturated heterocycles. The fraction of sp³-hybridized carbons (Fsp3) is 0.400. The zero-order chi connectivity index (χ0) is 18.5. The van der Waals surface area contributed by atoms with E-state index in [9.17, 15) is 9.59 Å². The number of rotatable bonds is 5. The van der Waals surface area contributed by atoms with Crippen LogP contribution in [0, 0.1) is 0 Å². The van der Waals surface area contributed by atoms with Crippen molar-refractivity contribution >= 4 is 23.2 Å². The number of carbonyl (C=O) groups excluding carboxylic acids is 2. The summed E-state index contributed by atoms with van der Waals surface area (Å²) in [6.07, 6.45) is 0.690. The number of carbonyl (C=O) groups is 2. The van der Waals surface area contributed by atoms with Crippen molar-refractivity contribution in [3.8, 4) is 5.75 Å². The Kier molecular flexibility index (Phi) is 5.93. The van der Waals surface area contributed by atoms with E-state index in [-0.39, 0.29) is 17.7 Å². The van der Waals surface area contributed by atoms with Crippen molar-refractivity contribution in [3.63, 3.8) is 0 Å². The van der Waals surface area contributed by atoms with Crippen molar-refractivity contribution in [2.75, 3.05) is 33.3 Å². The largest absolute Gasteiger partial charge is 0.497 e. The molecule has 6 heteroatoms. The van der Waals surface area contributed by atoms with Gasteiger partial charge in [0.05, 0.1) is 13.0 Å². The lowest BCUT2D eigenvalue weighted by Gasteiger charge is -2.36. The maximum Gasteiger partial charge on any atom is 0.230 e. The third-order valence-electron chi connectivity index (χ3n) is 4.84. The molecule has 0 aliphatic carbocycles. The molecule has 2 heterocycles. The van der Waals surface area contributed by atoms with Crippen LogP contribution in [-0.4, -0.2) is 54.9 Å². The van der Waals surface area contributed by atoms with Gasteiger partial charge >= 0.3 is 0 Å². The average molecular weight is 372 g/mol. The van der Waals surface area contributed by atoms with Gasteiger partial charge in [-0.3, -0.25) is 9.59 Å². The minimum atomic E-state index is -0.219. The fourth-order valence-electron chi connectivity index (χ4n) is 3.28. The summed E-state index contributed by atoms with van der Waals surface area (Å²) in [7, 11) is 1.64. The van der Waals surface area contributed by atoms with E-state index in [1.165, 1.54) is 4.88 Å². The molecule has 0 spiro atoms. The molecule has 0 saturated carbocycles. The first-order chi connectivity index (χ1) is 12.6. The van der Waals surface area contributed by atoms with Gasteiger partial charge in [0.1, 0.15) is 5.75 Å². The SMILES string of the molecule is COc1ccc(C(Cc2cccs2)C(=O)N2CCN(C(C)=O)CC2)cc1. The Hall–Kier alpha value is -2.34. The van der Waals surface area contributed by atoms with E-state index in [0.717, 1.165) is 11.3 Å². The van der Waals surface area contributed by atoms with E-state index in [1.807, 2.05) is 40.6 Å². The molecule has 5 nitrogen and oxygen atoms in total. The van der Waals surface area contributed by atoms with Crippen LogP contribution in [0.2, 0.25) is 0 Å². The van der Waals surface area contributed by atoms with E-state index >= 15 is 0 Å². The van der Waals surface area contributed by atoms with Crippen molar-refractivity contribution < 1.29 is 14.3 Å². The van der Waals surface area contributed by atoms with Gasteiger partial charge in [0, 0.05) is 38.0 Å². The van der Waals surface area contributed by atoms with Crippen LogP contribution in [0.1, 0.15) is 23.3 Å². The van der Waals surface area contributed by atoms with Crippen LogP contribution in [0.3, 0.4) is 0 Å². The molecule has 1 fully saturated rings. The van der Waals surface area contributed by atoms with E-state index in [1.54, 1.807) is 30.3 Å². The summed E-state index contributed by atoms with van der Waals surface area (Å²) in [4.78, 5) is 29.7. The molecule has 0 bridgehead atoms. The second-order valence-electron chi connectivity index (χ2n) is 6.44. The van der Waals surface area contributed by atoms with Crippen LogP contribution >= 0.6 is 11.3 Å². The maximum atomic E-state index is 13.3. The molecule has 1 aliphatic rings. The van der Waals surface area contributed by atoms with Crippen molar-refractivity contribution in [1.82, 2.24) is 9.80 Å². The maximum absolute atomic E-state index is 13.3. The molecule has 1 aliphatic heterocycles. The van der Waals surface area contributed by atoms with Crippen LogP contribution < -0.4 is 4.74 Å². The molecule has 2 amide bonds. The number of amides is 2. The minimum absolute atomic E-state index is 0.0717. The quantitative estimate of drug-likeness (QED) is 0.811. The van der Waals surface area contributed by atoms with Gasteiger partial charge in [-0.1, -0.05) is 18.2 Å². The van der Waals surface area contributed by atoms with Crippen LogP contribution in [0.5, 0.6) is 5.75 Å². The second-order valence-corrected chi connectivity index (χ2v) is 7.47. The Bertz CT molecular complexity index is 735. The molecule has 1 aromatic heterocycles. The molecule has 2 aromatic rings. The fourth-order valence-corrected chi connectivity index (χ4v) is 4.03.